The van der Waals surface area contributed by atoms with Crippen LogP contribution in [0.3, 0.4) is 0 Å². The maximum atomic E-state index is 11.5. The number of carbonyl (C=O) groups is 1. The van der Waals surface area contributed by atoms with Gasteiger partial charge in [0.2, 0.25) is 0 Å². The van der Waals surface area contributed by atoms with E-state index in [1.807, 2.05) is 6.92 Å². The van der Waals surface area contributed by atoms with Crippen LogP contribution in [0.4, 0.5) is 8.78 Å². The molecule has 0 spiro atoms. The Hall–Kier alpha value is -0.670. The van der Waals surface area contributed by atoms with Gasteiger partial charge < -0.3 is 5.32 Å². The van der Waals surface area contributed by atoms with E-state index in [4.69, 9.17) is 0 Å². The third kappa shape index (κ3) is 5.76. The largest absolute Gasteiger partial charge is 0.351 e. The van der Waals surface area contributed by atoms with Crippen molar-refractivity contribution in [1.29, 1.82) is 0 Å². The molecule has 0 aromatic heterocycles. The van der Waals surface area contributed by atoms with Crippen molar-refractivity contribution in [3.05, 3.63) is 0 Å². The molecule has 0 fully saturated rings. The molecule has 0 rings (SSSR count). The van der Waals surface area contributed by atoms with Crippen molar-refractivity contribution in [3.8, 4) is 0 Å². The lowest BCUT2D eigenvalue weighted by Gasteiger charge is -2.02. The van der Waals surface area contributed by atoms with E-state index in [0.29, 0.717) is 6.54 Å². The summed E-state index contributed by atoms with van der Waals surface area (Å²) >= 11 is 0. The van der Waals surface area contributed by atoms with Crippen molar-refractivity contribution in [2.45, 2.75) is 32.6 Å². The van der Waals surface area contributed by atoms with Crippen LogP contribution in [-0.4, -0.2) is 18.9 Å². The predicted octanol–water partition coefficient (Wildman–Crippen LogP) is 1.56. The highest BCUT2D eigenvalue weighted by Crippen LogP contribution is 1.93. The van der Waals surface area contributed by atoms with E-state index in [1.165, 1.54) is 0 Å². The van der Waals surface area contributed by atoms with Gasteiger partial charge in [0.1, 0.15) is 0 Å². The normalized spacial score (nSPS) is 10.2. The van der Waals surface area contributed by atoms with Gasteiger partial charge in [0.05, 0.1) is 0 Å². The summed E-state index contributed by atoms with van der Waals surface area (Å²) in [4.78, 5) is 10.2. The summed E-state index contributed by atoms with van der Waals surface area (Å²) in [5.41, 5.74) is 0. The first-order valence-corrected chi connectivity index (χ1v) is 3.74. The van der Waals surface area contributed by atoms with Gasteiger partial charge in [0, 0.05) is 6.54 Å². The van der Waals surface area contributed by atoms with Crippen molar-refractivity contribution < 1.29 is 13.6 Å². The number of amides is 1. The zero-order valence-corrected chi connectivity index (χ0v) is 6.57. The fourth-order valence-corrected chi connectivity index (χ4v) is 0.664. The molecule has 0 saturated heterocycles. The zero-order chi connectivity index (χ0) is 8.69. The van der Waals surface area contributed by atoms with Gasteiger partial charge in [-0.3, -0.25) is 4.79 Å². The second-order valence-corrected chi connectivity index (χ2v) is 2.30. The van der Waals surface area contributed by atoms with Crippen LogP contribution < -0.4 is 5.32 Å². The molecule has 0 heterocycles. The molecule has 0 aliphatic rings. The molecule has 4 heteroatoms. The lowest BCUT2D eigenvalue weighted by atomic mass is 10.2. The highest BCUT2D eigenvalue weighted by molar-refractivity contribution is 5.78. The van der Waals surface area contributed by atoms with Gasteiger partial charge in [-0.1, -0.05) is 19.8 Å². The lowest BCUT2D eigenvalue weighted by molar-refractivity contribution is -0.131. The highest BCUT2D eigenvalue weighted by Gasteiger charge is 2.12. The van der Waals surface area contributed by atoms with Crippen molar-refractivity contribution in [2.24, 2.45) is 0 Å². The molecule has 0 radical (unpaired) electrons. The Morgan fingerprint density at radius 2 is 2.09 bits per heavy atom. The van der Waals surface area contributed by atoms with Crippen LogP contribution >= 0.6 is 0 Å². The van der Waals surface area contributed by atoms with Crippen LogP contribution in [0.2, 0.25) is 0 Å². The molecule has 0 unspecified atom stereocenters. The Labute approximate surface area is 65.0 Å². The number of nitrogens with one attached hydrogen (secondary N) is 1. The van der Waals surface area contributed by atoms with Gasteiger partial charge in [-0.15, -0.1) is 0 Å². The Kier molecular flexibility index (Phi) is 5.70. The van der Waals surface area contributed by atoms with Crippen LogP contribution in [0.25, 0.3) is 0 Å². The number of carbonyl (C=O) groups excluding carboxylic acids is 1. The molecule has 0 atom stereocenters. The first kappa shape index (κ1) is 10.3. The van der Waals surface area contributed by atoms with E-state index < -0.39 is 12.3 Å². The van der Waals surface area contributed by atoms with Crippen LogP contribution in [0, 0.1) is 0 Å². The van der Waals surface area contributed by atoms with Crippen LogP contribution in [0.5, 0.6) is 0 Å². The first-order valence-electron chi connectivity index (χ1n) is 3.74. The van der Waals surface area contributed by atoms with E-state index in [2.05, 4.69) is 5.32 Å². The van der Waals surface area contributed by atoms with Gasteiger partial charge in [-0.05, 0) is 6.42 Å². The highest BCUT2D eigenvalue weighted by atomic mass is 19.3. The smallest absolute Gasteiger partial charge is 0.315 e. The van der Waals surface area contributed by atoms with Crippen LogP contribution in [-0.2, 0) is 4.79 Å². The summed E-state index contributed by atoms with van der Waals surface area (Å²) in [6, 6.07) is 0. The van der Waals surface area contributed by atoms with Gasteiger partial charge >= 0.3 is 6.43 Å². The summed E-state index contributed by atoms with van der Waals surface area (Å²) < 4.78 is 23.1. The summed E-state index contributed by atoms with van der Waals surface area (Å²) in [7, 11) is 0. The average molecular weight is 165 g/mol. The van der Waals surface area contributed by atoms with Crippen molar-refractivity contribution >= 4 is 5.91 Å². The maximum Gasteiger partial charge on any atom is 0.315 e. The number of rotatable bonds is 5. The number of hydrogen-bond donors (Lipinski definition) is 1. The molecular formula is C7H13F2NO. The number of hydrogen-bond acceptors (Lipinski definition) is 1. The Morgan fingerprint density at radius 3 is 2.55 bits per heavy atom. The third-order valence-electron chi connectivity index (χ3n) is 1.28. The molecular weight excluding hydrogens is 152 g/mol. The standard InChI is InChI=1S/C7H13F2NO/c1-2-3-4-5-10-7(11)6(8)9/h6H,2-5H2,1H3,(H,10,11). The fraction of sp³-hybridized carbons (Fsp3) is 0.857. The minimum Gasteiger partial charge on any atom is -0.351 e. The van der Waals surface area contributed by atoms with E-state index in [1.54, 1.807) is 0 Å². The van der Waals surface area contributed by atoms with Gasteiger partial charge in [-0.25, -0.2) is 0 Å². The summed E-state index contributed by atoms with van der Waals surface area (Å²) in [5, 5.41) is 2.13. The van der Waals surface area contributed by atoms with Crippen molar-refractivity contribution in [2.75, 3.05) is 6.54 Å². The molecule has 0 aliphatic carbocycles. The molecule has 0 aromatic rings. The third-order valence-corrected chi connectivity index (χ3v) is 1.28. The number of alkyl halides is 2. The summed E-state index contributed by atoms with van der Waals surface area (Å²) in [5.74, 6) is -1.17. The fourth-order valence-electron chi connectivity index (χ4n) is 0.664. The number of halogens is 2. The van der Waals surface area contributed by atoms with Crippen molar-refractivity contribution in [1.82, 2.24) is 5.32 Å². The molecule has 11 heavy (non-hydrogen) atoms. The topological polar surface area (TPSA) is 29.1 Å². The van der Waals surface area contributed by atoms with E-state index in [9.17, 15) is 13.6 Å². The van der Waals surface area contributed by atoms with E-state index >= 15 is 0 Å². The van der Waals surface area contributed by atoms with Gasteiger partial charge in [0.15, 0.2) is 0 Å². The predicted molar refractivity (Wildman–Crippen MR) is 38.5 cm³/mol. The van der Waals surface area contributed by atoms with E-state index in [-0.39, 0.29) is 0 Å². The SMILES string of the molecule is CCCCCNC(=O)C(F)F. The van der Waals surface area contributed by atoms with Crippen molar-refractivity contribution in [3.63, 3.8) is 0 Å². The zero-order valence-electron chi connectivity index (χ0n) is 6.57. The summed E-state index contributed by atoms with van der Waals surface area (Å²) in [6.45, 7) is 2.37. The molecule has 1 N–H and O–H groups in total. The Morgan fingerprint density at radius 1 is 1.45 bits per heavy atom. The lowest BCUT2D eigenvalue weighted by Crippen LogP contribution is -2.30. The quantitative estimate of drug-likeness (QED) is 0.615. The second kappa shape index (κ2) is 6.07. The maximum absolute atomic E-state index is 11.5. The van der Waals surface area contributed by atoms with E-state index in [0.717, 1.165) is 19.3 Å². The first-order chi connectivity index (χ1) is 5.18. The monoisotopic (exact) mass is 165 g/mol. The molecule has 2 nitrogen and oxygen atoms in total. The molecule has 0 aliphatic heterocycles. The van der Waals surface area contributed by atoms with Gasteiger partial charge in [0.25, 0.3) is 5.91 Å². The minimum atomic E-state index is -2.88. The minimum absolute atomic E-state index is 0.358. The van der Waals surface area contributed by atoms with Crippen LogP contribution in [0.1, 0.15) is 26.2 Å². The number of unbranched alkanes of at least 4 members (excludes halogenated alkanes) is 2. The molecule has 0 bridgehead atoms. The summed E-state index contributed by atoms with van der Waals surface area (Å²) in [6.07, 6.45) is -0.125. The van der Waals surface area contributed by atoms with Gasteiger partial charge in [-0.2, -0.15) is 8.78 Å². The Bertz CT molecular complexity index is 117. The molecule has 1 amide bonds. The second-order valence-electron chi connectivity index (χ2n) is 2.30. The molecule has 66 valence electrons. The molecule has 0 aromatic carbocycles. The Balaban J connectivity index is 3.18. The van der Waals surface area contributed by atoms with Crippen LogP contribution in [0.15, 0.2) is 0 Å². The average Bonchev–Trinajstić information content (AvgIpc) is 1.97. The molecule has 0 saturated carbocycles.